The number of nitro groups is 1. The second-order valence-corrected chi connectivity index (χ2v) is 3.94. The van der Waals surface area contributed by atoms with E-state index in [4.69, 9.17) is 0 Å². The highest BCUT2D eigenvalue weighted by Gasteiger charge is 2.23. The molecular weight excluding hydrogens is 248 g/mol. The summed E-state index contributed by atoms with van der Waals surface area (Å²) in [6.45, 7) is 2.41. The minimum Gasteiger partial charge on any atom is -0.365 e. The average molecular weight is 262 g/mol. The number of aryl methyl sites for hydroxylation is 1. The van der Waals surface area contributed by atoms with Crippen LogP contribution in [-0.2, 0) is 13.5 Å². The van der Waals surface area contributed by atoms with Gasteiger partial charge in [-0.2, -0.15) is 0 Å². The highest BCUT2D eigenvalue weighted by molar-refractivity contribution is 5.58. The summed E-state index contributed by atoms with van der Waals surface area (Å²) in [5.74, 6) is 0.955. The minimum atomic E-state index is -0.462. The largest absolute Gasteiger partial charge is 0.365 e. The summed E-state index contributed by atoms with van der Waals surface area (Å²) in [5, 5.41) is 14.1. The van der Waals surface area contributed by atoms with Gasteiger partial charge in [0.05, 0.1) is 11.3 Å². The highest BCUT2D eigenvalue weighted by Crippen LogP contribution is 2.25. The number of hydrogen-bond acceptors (Lipinski definition) is 6. The van der Waals surface area contributed by atoms with E-state index >= 15 is 0 Å². The number of imidazole rings is 1. The van der Waals surface area contributed by atoms with Crippen molar-refractivity contribution in [3.05, 3.63) is 40.4 Å². The van der Waals surface area contributed by atoms with Crippen molar-refractivity contribution in [3.8, 4) is 0 Å². The van der Waals surface area contributed by atoms with E-state index in [1.165, 1.54) is 6.33 Å². The van der Waals surface area contributed by atoms with Gasteiger partial charge in [0.25, 0.3) is 0 Å². The molecule has 0 aliphatic carbocycles. The van der Waals surface area contributed by atoms with Crippen LogP contribution in [-0.4, -0.2) is 31.0 Å². The molecule has 2 aromatic rings. The van der Waals surface area contributed by atoms with Crippen LogP contribution in [0.4, 0.5) is 11.5 Å². The second kappa shape index (κ2) is 5.42. The Hall–Kier alpha value is -2.51. The molecule has 0 aliphatic heterocycles. The number of aromatic nitrogens is 4. The predicted molar refractivity (Wildman–Crippen MR) is 68.9 cm³/mol. The monoisotopic (exact) mass is 262 g/mol. The predicted octanol–water partition coefficient (Wildman–Crippen LogP) is 1.14. The molecule has 0 unspecified atom stereocenters. The van der Waals surface area contributed by atoms with E-state index in [0.717, 1.165) is 0 Å². The molecule has 0 aliphatic rings. The summed E-state index contributed by atoms with van der Waals surface area (Å²) in [5.41, 5.74) is 0.262. The molecule has 0 bridgehead atoms. The lowest BCUT2D eigenvalue weighted by molar-refractivity contribution is -0.385. The second-order valence-electron chi connectivity index (χ2n) is 3.94. The lowest BCUT2D eigenvalue weighted by Gasteiger charge is -2.07. The maximum Gasteiger partial charge on any atom is 0.333 e. The van der Waals surface area contributed by atoms with Crippen molar-refractivity contribution in [1.82, 2.24) is 19.5 Å². The van der Waals surface area contributed by atoms with Gasteiger partial charge >= 0.3 is 5.69 Å². The summed E-state index contributed by atoms with van der Waals surface area (Å²) in [7, 11) is 1.83. The number of rotatable bonds is 5. The molecule has 0 saturated heterocycles. The molecule has 8 heteroatoms. The van der Waals surface area contributed by atoms with Crippen LogP contribution in [0.25, 0.3) is 0 Å². The quantitative estimate of drug-likeness (QED) is 0.640. The van der Waals surface area contributed by atoms with Crippen molar-refractivity contribution in [2.24, 2.45) is 7.05 Å². The van der Waals surface area contributed by atoms with Crippen molar-refractivity contribution >= 4 is 11.5 Å². The van der Waals surface area contributed by atoms with Gasteiger partial charge in [-0.05, 0) is 6.92 Å². The fourth-order valence-corrected chi connectivity index (χ4v) is 1.75. The molecule has 2 heterocycles. The topological polar surface area (TPSA) is 98.8 Å². The molecule has 0 atom stereocenters. The maximum atomic E-state index is 11.2. The molecule has 0 radical (unpaired) electrons. The third-order valence-corrected chi connectivity index (χ3v) is 2.67. The van der Waals surface area contributed by atoms with Crippen LogP contribution in [0.1, 0.15) is 18.4 Å². The van der Waals surface area contributed by atoms with Gasteiger partial charge in [-0.15, -0.1) is 0 Å². The normalized spacial score (nSPS) is 10.4. The van der Waals surface area contributed by atoms with Crippen molar-refractivity contribution in [1.29, 1.82) is 0 Å². The molecule has 0 amide bonds. The Balaban J connectivity index is 2.42. The van der Waals surface area contributed by atoms with Gasteiger partial charge in [-0.25, -0.2) is 15.0 Å². The molecule has 2 rings (SSSR count). The zero-order chi connectivity index (χ0) is 13.8. The number of hydrogen-bond donors (Lipinski definition) is 1. The Morgan fingerprint density at radius 1 is 1.42 bits per heavy atom. The fraction of sp³-hybridized carbons (Fsp3) is 0.364. The maximum absolute atomic E-state index is 11.2. The summed E-state index contributed by atoms with van der Waals surface area (Å²) >= 11 is 0. The number of nitrogens with one attached hydrogen (secondary N) is 1. The van der Waals surface area contributed by atoms with Crippen molar-refractivity contribution in [2.75, 3.05) is 11.9 Å². The highest BCUT2D eigenvalue weighted by atomic mass is 16.6. The fourth-order valence-electron chi connectivity index (χ4n) is 1.75. The lowest BCUT2D eigenvalue weighted by atomic mass is 10.2. The molecule has 0 aromatic carbocycles. The van der Waals surface area contributed by atoms with E-state index in [1.54, 1.807) is 17.0 Å². The summed E-state index contributed by atoms with van der Waals surface area (Å²) in [6, 6.07) is 0. The van der Waals surface area contributed by atoms with Crippen LogP contribution in [0.5, 0.6) is 0 Å². The summed E-state index contributed by atoms with van der Waals surface area (Å²) in [6.07, 6.45) is 5.05. The van der Waals surface area contributed by atoms with E-state index in [0.29, 0.717) is 24.5 Å². The van der Waals surface area contributed by atoms with Crippen LogP contribution < -0.4 is 5.32 Å². The van der Waals surface area contributed by atoms with E-state index in [1.807, 2.05) is 14.0 Å². The van der Waals surface area contributed by atoms with E-state index in [2.05, 4.69) is 20.3 Å². The molecule has 1 N–H and O–H groups in total. The first kappa shape index (κ1) is 12.9. The van der Waals surface area contributed by atoms with Crippen molar-refractivity contribution in [3.63, 3.8) is 0 Å². The first-order chi connectivity index (χ1) is 9.13. The summed E-state index contributed by atoms with van der Waals surface area (Å²) in [4.78, 5) is 22.8. The van der Waals surface area contributed by atoms with Crippen molar-refractivity contribution in [2.45, 2.75) is 13.3 Å². The third-order valence-electron chi connectivity index (χ3n) is 2.67. The number of anilines is 1. The molecule has 0 fully saturated rings. The Morgan fingerprint density at radius 2 is 2.21 bits per heavy atom. The molecule has 0 saturated carbocycles. The van der Waals surface area contributed by atoms with Crippen LogP contribution in [0.3, 0.4) is 0 Å². The van der Waals surface area contributed by atoms with Crippen LogP contribution in [0.15, 0.2) is 18.7 Å². The van der Waals surface area contributed by atoms with E-state index in [9.17, 15) is 10.1 Å². The van der Waals surface area contributed by atoms with Gasteiger partial charge in [0.2, 0.25) is 5.82 Å². The van der Waals surface area contributed by atoms with Gasteiger partial charge in [0.15, 0.2) is 0 Å². The summed E-state index contributed by atoms with van der Waals surface area (Å²) < 4.78 is 1.80. The smallest absolute Gasteiger partial charge is 0.333 e. The van der Waals surface area contributed by atoms with Gasteiger partial charge in [-0.3, -0.25) is 10.1 Å². The van der Waals surface area contributed by atoms with Crippen molar-refractivity contribution < 1.29 is 4.92 Å². The molecule has 0 spiro atoms. The minimum absolute atomic E-state index is 0.0904. The van der Waals surface area contributed by atoms with Gasteiger partial charge in [-0.1, -0.05) is 0 Å². The Labute approximate surface area is 109 Å². The van der Waals surface area contributed by atoms with E-state index in [-0.39, 0.29) is 11.5 Å². The van der Waals surface area contributed by atoms with Crippen LogP contribution in [0.2, 0.25) is 0 Å². The molecule has 8 nitrogen and oxygen atoms in total. The Kier molecular flexibility index (Phi) is 3.69. The van der Waals surface area contributed by atoms with Crippen LogP contribution >= 0.6 is 0 Å². The van der Waals surface area contributed by atoms with Crippen LogP contribution in [0, 0.1) is 10.1 Å². The third kappa shape index (κ3) is 2.67. The Bertz CT molecular complexity index is 595. The molecule has 19 heavy (non-hydrogen) atoms. The SMILES string of the molecule is CCNc1ncnc(Cc2nccn2C)c1[N+](=O)[O-]. The van der Waals surface area contributed by atoms with E-state index < -0.39 is 4.92 Å². The van der Waals surface area contributed by atoms with Gasteiger partial charge in [0.1, 0.15) is 17.8 Å². The average Bonchev–Trinajstić information content (AvgIpc) is 2.75. The Morgan fingerprint density at radius 3 is 2.79 bits per heavy atom. The molecule has 100 valence electrons. The first-order valence-corrected chi connectivity index (χ1v) is 5.81. The number of nitrogens with zero attached hydrogens (tertiary/aromatic N) is 5. The van der Waals surface area contributed by atoms with Gasteiger partial charge < -0.3 is 9.88 Å². The molecular formula is C11H14N6O2. The standard InChI is InChI=1S/C11H14N6O2/c1-3-12-11-10(17(18)19)8(14-7-15-11)6-9-13-4-5-16(9)2/h4-5,7H,3,6H2,1-2H3,(H,12,14,15). The lowest BCUT2D eigenvalue weighted by Crippen LogP contribution is -2.09. The first-order valence-electron chi connectivity index (χ1n) is 5.81. The zero-order valence-electron chi connectivity index (χ0n) is 10.7. The zero-order valence-corrected chi connectivity index (χ0v) is 10.7. The van der Waals surface area contributed by atoms with Gasteiger partial charge in [0, 0.05) is 26.0 Å². The molecule has 2 aromatic heterocycles.